The molecular formula is C8H18OSi. The lowest BCUT2D eigenvalue weighted by Crippen LogP contribution is -2.36. The van der Waals surface area contributed by atoms with Gasteiger partial charge in [0.1, 0.15) is 0 Å². The van der Waals surface area contributed by atoms with E-state index in [9.17, 15) is 0 Å². The fourth-order valence-corrected chi connectivity index (χ4v) is 4.07. The lowest BCUT2D eigenvalue weighted by atomic mass is 10.4. The van der Waals surface area contributed by atoms with E-state index in [-0.39, 0.29) is 0 Å². The molecule has 60 valence electrons. The second-order valence-corrected chi connectivity index (χ2v) is 9.24. The van der Waals surface area contributed by atoms with Crippen molar-refractivity contribution >= 4 is 8.07 Å². The highest BCUT2D eigenvalue weighted by Gasteiger charge is 2.32. The Labute approximate surface area is 64.5 Å². The highest BCUT2D eigenvalue weighted by Crippen LogP contribution is 2.37. The van der Waals surface area contributed by atoms with Gasteiger partial charge in [-0.1, -0.05) is 38.8 Å². The molecule has 0 radical (unpaired) electrons. The zero-order valence-electron chi connectivity index (χ0n) is 7.06. The number of hydrogen-bond acceptors (Lipinski definition) is 1. The molecule has 2 heteroatoms. The predicted molar refractivity (Wildman–Crippen MR) is 46.8 cm³/mol. The minimum Gasteiger partial charge on any atom is -0.400 e. The summed E-state index contributed by atoms with van der Waals surface area (Å²) in [7, 11) is -1.19. The molecule has 1 rings (SSSR count). The monoisotopic (exact) mass is 158 g/mol. The quantitative estimate of drug-likeness (QED) is 0.611. The summed E-state index contributed by atoms with van der Waals surface area (Å²) in [5.74, 6) is 0. The Morgan fingerprint density at radius 3 is 2.20 bits per heavy atom. The van der Waals surface area contributed by atoms with E-state index in [1.807, 2.05) is 0 Å². The molecule has 0 unspecified atom stereocenters. The molecule has 0 heterocycles. The van der Waals surface area contributed by atoms with Crippen molar-refractivity contribution in [2.24, 2.45) is 0 Å². The van der Waals surface area contributed by atoms with Crippen LogP contribution in [0.1, 0.15) is 25.7 Å². The van der Waals surface area contributed by atoms with Crippen molar-refractivity contribution in [3.63, 3.8) is 0 Å². The van der Waals surface area contributed by atoms with Gasteiger partial charge in [0, 0.05) is 6.23 Å². The van der Waals surface area contributed by atoms with Crippen molar-refractivity contribution < 1.29 is 5.11 Å². The Balaban J connectivity index is 2.45. The summed E-state index contributed by atoms with van der Waals surface area (Å²) in [5, 5.41) is 9.12. The van der Waals surface area contributed by atoms with Crippen LogP contribution in [-0.2, 0) is 0 Å². The first-order valence-corrected chi connectivity index (χ1v) is 7.56. The van der Waals surface area contributed by atoms with Gasteiger partial charge in [-0.05, 0) is 5.54 Å². The van der Waals surface area contributed by atoms with Crippen LogP contribution in [0.15, 0.2) is 0 Å². The fraction of sp³-hybridized carbons (Fsp3) is 1.00. The van der Waals surface area contributed by atoms with Gasteiger partial charge >= 0.3 is 0 Å². The Bertz CT molecular complexity index is 106. The van der Waals surface area contributed by atoms with Crippen LogP contribution < -0.4 is 0 Å². The first kappa shape index (κ1) is 8.28. The van der Waals surface area contributed by atoms with Gasteiger partial charge in [0.25, 0.3) is 0 Å². The lowest BCUT2D eigenvalue weighted by Gasteiger charge is -2.26. The van der Waals surface area contributed by atoms with Gasteiger partial charge in [0.15, 0.2) is 0 Å². The zero-order chi connectivity index (χ0) is 7.61. The van der Waals surface area contributed by atoms with E-state index in [0.29, 0.717) is 6.23 Å². The normalized spacial score (nSPS) is 21.9. The molecule has 0 aromatic carbocycles. The first-order chi connectivity index (χ1) is 4.67. The third kappa shape index (κ3) is 1.61. The van der Waals surface area contributed by atoms with Gasteiger partial charge in [-0.25, -0.2) is 0 Å². The van der Waals surface area contributed by atoms with E-state index in [2.05, 4.69) is 13.1 Å². The van der Waals surface area contributed by atoms with Gasteiger partial charge in [-0.2, -0.15) is 0 Å². The average Bonchev–Trinajstić information content (AvgIpc) is 2.38. The van der Waals surface area contributed by atoms with Crippen LogP contribution in [0, 0.1) is 0 Å². The van der Waals surface area contributed by atoms with E-state index in [4.69, 9.17) is 5.11 Å². The van der Waals surface area contributed by atoms with Crippen molar-refractivity contribution in [3.05, 3.63) is 0 Å². The summed E-state index contributed by atoms with van der Waals surface area (Å²) in [6, 6.07) is 0. The summed E-state index contributed by atoms with van der Waals surface area (Å²) in [6.45, 7) is 4.62. The standard InChI is InChI=1S/C8H18OSi/c1-10(2,7-9)8-5-3-4-6-8/h8-9H,3-7H2,1-2H3. The van der Waals surface area contributed by atoms with Crippen LogP contribution in [0.4, 0.5) is 0 Å². The topological polar surface area (TPSA) is 20.2 Å². The highest BCUT2D eigenvalue weighted by molar-refractivity contribution is 6.78. The fourth-order valence-electron chi connectivity index (χ4n) is 1.84. The maximum Gasteiger partial charge on any atom is 0.0803 e. The molecule has 0 bridgehead atoms. The van der Waals surface area contributed by atoms with Crippen molar-refractivity contribution in [1.29, 1.82) is 0 Å². The molecule has 1 N–H and O–H groups in total. The summed E-state index contributed by atoms with van der Waals surface area (Å²) in [5.41, 5.74) is 0.914. The van der Waals surface area contributed by atoms with Gasteiger partial charge in [-0.15, -0.1) is 0 Å². The molecule has 0 saturated heterocycles. The van der Waals surface area contributed by atoms with Crippen LogP contribution in [0.2, 0.25) is 18.6 Å². The van der Waals surface area contributed by atoms with Crippen LogP contribution in [0.5, 0.6) is 0 Å². The highest BCUT2D eigenvalue weighted by atomic mass is 28.3. The van der Waals surface area contributed by atoms with E-state index in [0.717, 1.165) is 5.54 Å². The molecule has 0 atom stereocenters. The largest absolute Gasteiger partial charge is 0.400 e. The van der Waals surface area contributed by atoms with Crippen molar-refractivity contribution in [2.45, 2.75) is 44.3 Å². The third-order valence-electron chi connectivity index (χ3n) is 2.87. The molecule has 0 aromatic heterocycles. The van der Waals surface area contributed by atoms with Crippen LogP contribution in [0.25, 0.3) is 0 Å². The van der Waals surface area contributed by atoms with E-state index in [1.165, 1.54) is 25.7 Å². The summed E-state index contributed by atoms with van der Waals surface area (Å²) >= 11 is 0. The Hall–Kier alpha value is 0.177. The molecule has 0 spiro atoms. The van der Waals surface area contributed by atoms with Gasteiger partial charge in [0.2, 0.25) is 0 Å². The molecular weight excluding hydrogens is 140 g/mol. The lowest BCUT2D eigenvalue weighted by molar-refractivity contribution is 0.355. The molecule has 0 amide bonds. The molecule has 10 heavy (non-hydrogen) atoms. The second kappa shape index (κ2) is 3.05. The molecule has 1 aliphatic carbocycles. The van der Waals surface area contributed by atoms with E-state index in [1.54, 1.807) is 0 Å². The Morgan fingerprint density at radius 2 is 1.80 bits per heavy atom. The smallest absolute Gasteiger partial charge is 0.0803 e. The van der Waals surface area contributed by atoms with Gasteiger partial charge in [0.05, 0.1) is 8.07 Å². The van der Waals surface area contributed by atoms with Crippen LogP contribution in [-0.4, -0.2) is 19.4 Å². The Morgan fingerprint density at radius 1 is 1.30 bits per heavy atom. The number of aliphatic hydroxyl groups is 1. The van der Waals surface area contributed by atoms with Gasteiger partial charge in [-0.3, -0.25) is 0 Å². The first-order valence-electron chi connectivity index (χ1n) is 4.27. The average molecular weight is 158 g/mol. The summed E-state index contributed by atoms with van der Waals surface area (Å²) in [4.78, 5) is 0. The van der Waals surface area contributed by atoms with Crippen LogP contribution >= 0.6 is 0 Å². The number of rotatable bonds is 2. The molecule has 1 fully saturated rings. The number of hydrogen-bond donors (Lipinski definition) is 1. The van der Waals surface area contributed by atoms with Crippen molar-refractivity contribution in [2.75, 3.05) is 6.23 Å². The molecule has 1 nitrogen and oxygen atoms in total. The van der Waals surface area contributed by atoms with Gasteiger partial charge < -0.3 is 5.11 Å². The molecule has 0 aromatic rings. The minimum atomic E-state index is -1.19. The molecule has 1 saturated carbocycles. The SMILES string of the molecule is C[Si](C)(CO)C1CCCC1. The Kier molecular flexibility index (Phi) is 2.53. The second-order valence-electron chi connectivity index (χ2n) is 4.13. The predicted octanol–water partition coefficient (Wildman–Crippen LogP) is 2.17. The summed E-state index contributed by atoms with van der Waals surface area (Å²) < 4.78 is 0. The minimum absolute atomic E-state index is 0.484. The number of aliphatic hydroxyl groups excluding tert-OH is 1. The summed E-state index contributed by atoms with van der Waals surface area (Å²) in [6.07, 6.45) is 6.07. The van der Waals surface area contributed by atoms with Crippen molar-refractivity contribution in [1.82, 2.24) is 0 Å². The molecule has 1 aliphatic rings. The maximum absolute atomic E-state index is 9.12. The van der Waals surface area contributed by atoms with E-state index >= 15 is 0 Å². The molecule has 0 aliphatic heterocycles. The van der Waals surface area contributed by atoms with Crippen molar-refractivity contribution in [3.8, 4) is 0 Å². The third-order valence-corrected chi connectivity index (χ3v) is 6.47. The maximum atomic E-state index is 9.12. The van der Waals surface area contributed by atoms with E-state index < -0.39 is 8.07 Å². The van der Waals surface area contributed by atoms with Crippen LogP contribution in [0.3, 0.4) is 0 Å². The zero-order valence-corrected chi connectivity index (χ0v) is 8.06.